The summed E-state index contributed by atoms with van der Waals surface area (Å²) >= 11 is 0. The van der Waals surface area contributed by atoms with Crippen molar-refractivity contribution in [1.29, 1.82) is 0 Å². The molecular formula is C62H102O10. The van der Waals surface area contributed by atoms with Crippen LogP contribution in [0.5, 0.6) is 5.75 Å². The molecule has 0 amide bonds. The minimum atomic E-state index is -1.23. The number of benzene rings is 1. The van der Waals surface area contributed by atoms with Gasteiger partial charge in [0.1, 0.15) is 11.3 Å². The molecule has 410 valence electrons. The summed E-state index contributed by atoms with van der Waals surface area (Å²) in [5, 5.41) is 0. The molecule has 1 aromatic carbocycles. The summed E-state index contributed by atoms with van der Waals surface area (Å²) in [5.74, 6) is -4.73. The molecule has 72 heavy (non-hydrogen) atoms. The van der Waals surface area contributed by atoms with Crippen molar-refractivity contribution < 1.29 is 48.3 Å². The van der Waals surface area contributed by atoms with Gasteiger partial charge >= 0.3 is 29.8 Å². The lowest BCUT2D eigenvalue weighted by atomic mass is 10.1. The van der Waals surface area contributed by atoms with Crippen LogP contribution in [0, 0.1) is 0 Å². The van der Waals surface area contributed by atoms with Crippen molar-refractivity contribution in [3.8, 4) is 5.75 Å². The molecule has 1 rings (SSSR count). The van der Waals surface area contributed by atoms with Crippen LogP contribution in [-0.2, 0) is 33.9 Å². The van der Waals surface area contributed by atoms with Crippen molar-refractivity contribution in [3.63, 3.8) is 0 Å². The van der Waals surface area contributed by atoms with Gasteiger partial charge in [0.05, 0.1) is 18.4 Å². The Kier molecular flexibility index (Phi) is 46.0. The maximum Gasteiger partial charge on any atom is 0.390 e. The highest BCUT2D eigenvalue weighted by molar-refractivity contribution is 6.05. The zero-order chi connectivity index (χ0) is 52.2. The van der Waals surface area contributed by atoms with E-state index in [4.69, 9.17) is 24.3 Å². The van der Waals surface area contributed by atoms with Gasteiger partial charge in [-0.15, -0.1) is 0 Å². The molecule has 0 saturated carbocycles. The zero-order valence-electron chi connectivity index (χ0n) is 46.0. The van der Waals surface area contributed by atoms with Crippen LogP contribution < -0.4 is 4.74 Å². The number of hydrogen-bond donors (Lipinski definition) is 0. The predicted octanol–water partition coefficient (Wildman–Crippen LogP) is 18.9. The standard InChI is InChI=1S/C62H102O10/c1-4-7-10-13-16-19-22-25-28-31-34-37-40-43-46-52-57(63)68-56-51-49-50-55(61(66)71-69-58(64)53-47-44-41-38-35-32-29-26-23-20-17-14-11-8-5-2)60(56)62(67)72-70-59(65)54-48-45-42-39-36-33-30-27-24-21-18-15-12-9-6-3/h25-30,49-51H,4-24,31-48,52-54H2,1-3H3/b28-25?,29-26-,30-27?. The van der Waals surface area contributed by atoms with Gasteiger partial charge in [-0.05, 0) is 108 Å². The molecule has 0 aliphatic carbocycles. The van der Waals surface area contributed by atoms with Crippen molar-refractivity contribution in [3.05, 3.63) is 65.8 Å². The number of allylic oxidation sites excluding steroid dienone is 6. The number of unbranched alkanes of at least 4 members (excludes halogenated alkanes) is 33. The number of rotatable bonds is 48. The van der Waals surface area contributed by atoms with E-state index in [1.807, 2.05) is 0 Å². The number of hydrogen-bond acceptors (Lipinski definition) is 10. The summed E-state index contributed by atoms with van der Waals surface area (Å²) in [5.41, 5.74) is -0.865. The van der Waals surface area contributed by atoms with Crippen LogP contribution >= 0.6 is 0 Å². The first kappa shape index (κ1) is 65.8. The highest BCUT2D eigenvalue weighted by atomic mass is 17.2. The Hall–Kier alpha value is -4.21. The van der Waals surface area contributed by atoms with Crippen LogP contribution in [0.1, 0.15) is 311 Å². The lowest BCUT2D eigenvalue weighted by Crippen LogP contribution is -2.20. The highest BCUT2D eigenvalue weighted by Gasteiger charge is 2.29. The fraction of sp³-hybridized carbons (Fsp3) is 0.726. The zero-order valence-corrected chi connectivity index (χ0v) is 46.0. The molecule has 0 aromatic heterocycles. The first-order chi connectivity index (χ1) is 35.3. The molecule has 0 heterocycles. The van der Waals surface area contributed by atoms with Gasteiger partial charge in [0, 0.05) is 6.42 Å². The molecule has 0 aliphatic heterocycles. The summed E-state index contributed by atoms with van der Waals surface area (Å²) in [7, 11) is 0. The molecule has 0 bridgehead atoms. The second-order valence-corrected chi connectivity index (χ2v) is 19.8. The Labute approximate surface area is 438 Å². The lowest BCUT2D eigenvalue weighted by molar-refractivity contribution is -0.235. The smallest absolute Gasteiger partial charge is 0.390 e. The minimum absolute atomic E-state index is 0.0412. The lowest BCUT2D eigenvalue weighted by Gasteiger charge is -2.12. The Bertz CT molecular complexity index is 1600. The molecule has 0 unspecified atom stereocenters. The molecule has 0 atom stereocenters. The molecule has 0 aliphatic rings. The summed E-state index contributed by atoms with van der Waals surface area (Å²) < 4.78 is 5.59. The number of carbonyl (C=O) groups excluding carboxylic acids is 5. The molecular weight excluding hydrogens is 905 g/mol. The van der Waals surface area contributed by atoms with Gasteiger partial charge in [-0.3, -0.25) is 4.79 Å². The Morgan fingerprint density at radius 2 is 0.625 bits per heavy atom. The third-order valence-corrected chi connectivity index (χ3v) is 13.0. The van der Waals surface area contributed by atoms with E-state index in [2.05, 4.69) is 57.2 Å². The van der Waals surface area contributed by atoms with E-state index in [0.717, 1.165) is 116 Å². The van der Waals surface area contributed by atoms with Crippen molar-refractivity contribution in [2.75, 3.05) is 0 Å². The van der Waals surface area contributed by atoms with Crippen LogP contribution in [-0.4, -0.2) is 29.8 Å². The van der Waals surface area contributed by atoms with E-state index >= 15 is 0 Å². The van der Waals surface area contributed by atoms with Gasteiger partial charge < -0.3 is 4.74 Å². The highest BCUT2D eigenvalue weighted by Crippen LogP contribution is 2.26. The average molecular weight is 1010 g/mol. The number of ether oxygens (including phenoxy) is 1. The van der Waals surface area contributed by atoms with Gasteiger partial charge in [0.15, 0.2) is 0 Å². The van der Waals surface area contributed by atoms with Gasteiger partial charge in [-0.2, -0.15) is 0 Å². The summed E-state index contributed by atoms with van der Waals surface area (Å²) in [4.78, 5) is 84.4. The van der Waals surface area contributed by atoms with Crippen molar-refractivity contribution >= 4 is 29.8 Å². The van der Waals surface area contributed by atoms with Crippen LogP contribution in [0.15, 0.2) is 54.7 Å². The first-order valence-electron chi connectivity index (χ1n) is 29.5. The first-order valence-corrected chi connectivity index (χ1v) is 29.5. The maximum absolute atomic E-state index is 13.5. The average Bonchev–Trinajstić information content (AvgIpc) is 3.38. The van der Waals surface area contributed by atoms with Crippen LogP contribution in [0.4, 0.5) is 0 Å². The van der Waals surface area contributed by atoms with Crippen LogP contribution in [0.2, 0.25) is 0 Å². The summed E-state index contributed by atoms with van der Waals surface area (Å²) in [6.45, 7) is 6.72. The third kappa shape index (κ3) is 40.3. The van der Waals surface area contributed by atoms with E-state index in [1.54, 1.807) is 0 Å². The summed E-state index contributed by atoms with van der Waals surface area (Å²) in [6, 6.07) is 4.01. The number of carbonyl (C=O) groups is 5. The van der Waals surface area contributed by atoms with Crippen LogP contribution in [0.3, 0.4) is 0 Å². The van der Waals surface area contributed by atoms with E-state index in [9.17, 15) is 24.0 Å². The topological polar surface area (TPSA) is 132 Å². The molecule has 0 radical (unpaired) electrons. The Morgan fingerprint density at radius 3 is 0.972 bits per heavy atom. The van der Waals surface area contributed by atoms with E-state index in [-0.39, 0.29) is 30.6 Å². The Balaban J connectivity index is 2.61. The molecule has 0 N–H and O–H groups in total. The quantitative estimate of drug-likeness (QED) is 0.0155. The molecule has 0 spiro atoms. The Morgan fingerprint density at radius 1 is 0.333 bits per heavy atom. The van der Waals surface area contributed by atoms with Crippen molar-refractivity contribution in [2.45, 2.75) is 290 Å². The summed E-state index contributed by atoms with van der Waals surface area (Å²) in [6.07, 6.45) is 57.7. The SMILES string of the molecule is CCCCCCCCC=CCCCCCCCC(=O)OOC(=O)c1c(OC(=O)CCCCCCCC=CCCCCCCCC)cccc1C(=O)OOC(=O)CCCCCCC/C=C\CCCCCCCC. The molecule has 1 aromatic rings. The molecule has 0 saturated heterocycles. The van der Waals surface area contributed by atoms with E-state index in [1.165, 1.54) is 134 Å². The molecule has 10 heteroatoms. The van der Waals surface area contributed by atoms with E-state index in [0.29, 0.717) is 19.3 Å². The second kappa shape index (κ2) is 50.3. The number of esters is 1. The van der Waals surface area contributed by atoms with Crippen molar-refractivity contribution in [2.24, 2.45) is 0 Å². The van der Waals surface area contributed by atoms with Crippen LogP contribution in [0.25, 0.3) is 0 Å². The fourth-order valence-electron chi connectivity index (χ4n) is 8.53. The fourth-order valence-corrected chi connectivity index (χ4v) is 8.53. The third-order valence-electron chi connectivity index (χ3n) is 13.0. The van der Waals surface area contributed by atoms with Gasteiger partial charge in [0.2, 0.25) is 0 Å². The normalized spacial score (nSPS) is 11.5. The second-order valence-electron chi connectivity index (χ2n) is 19.8. The van der Waals surface area contributed by atoms with Gasteiger partial charge in [0.25, 0.3) is 0 Å². The van der Waals surface area contributed by atoms with Gasteiger partial charge in [-0.25, -0.2) is 38.7 Å². The molecule has 0 fully saturated rings. The largest absolute Gasteiger partial charge is 0.426 e. The van der Waals surface area contributed by atoms with E-state index < -0.39 is 35.4 Å². The predicted molar refractivity (Wildman–Crippen MR) is 293 cm³/mol. The monoisotopic (exact) mass is 1010 g/mol. The minimum Gasteiger partial charge on any atom is -0.426 e. The van der Waals surface area contributed by atoms with Crippen molar-refractivity contribution in [1.82, 2.24) is 0 Å². The maximum atomic E-state index is 13.5. The molecule has 10 nitrogen and oxygen atoms in total. The van der Waals surface area contributed by atoms with Gasteiger partial charge in [-0.1, -0.05) is 217 Å².